The van der Waals surface area contributed by atoms with E-state index >= 15 is 0 Å². The van der Waals surface area contributed by atoms with Gasteiger partial charge in [0.05, 0.1) is 0 Å². The highest BCUT2D eigenvalue weighted by Gasteiger charge is 2.05. The van der Waals surface area contributed by atoms with E-state index in [0.717, 1.165) is 28.0 Å². The van der Waals surface area contributed by atoms with Gasteiger partial charge in [0.15, 0.2) is 0 Å². The number of ether oxygens (including phenoxy) is 1. The Labute approximate surface area is 137 Å². The van der Waals surface area contributed by atoms with Gasteiger partial charge in [0, 0.05) is 6.61 Å². The van der Waals surface area contributed by atoms with Crippen LogP contribution in [0.3, 0.4) is 0 Å². The Balaban J connectivity index is 1.80. The highest BCUT2D eigenvalue weighted by atomic mass is 16.5. The molecule has 116 valence electrons. The number of hydrogen-bond donors (Lipinski definition) is 1. The fourth-order valence-corrected chi connectivity index (χ4v) is 2.63. The van der Waals surface area contributed by atoms with E-state index in [0.29, 0.717) is 13.0 Å². The van der Waals surface area contributed by atoms with E-state index in [2.05, 4.69) is 36.4 Å². The maximum absolute atomic E-state index is 9.23. The minimum absolute atomic E-state index is 0.154. The first-order valence-corrected chi connectivity index (χ1v) is 7.83. The summed E-state index contributed by atoms with van der Waals surface area (Å²) in [6, 6.07) is 26.4. The average Bonchev–Trinajstić information content (AvgIpc) is 2.62. The number of benzene rings is 3. The van der Waals surface area contributed by atoms with Crippen molar-refractivity contribution in [1.29, 1.82) is 0 Å². The van der Waals surface area contributed by atoms with E-state index in [1.54, 1.807) is 0 Å². The van der Waals surface area contributed by atoms with Gasteiger partial charge in [0.25, 0.3) is 0 Å². The van der Waals surface area contributed by atoms with Crippen LogP contribution in [0.4, 0.5) is 0 Å². The lowest BCUT2D eigenvalue weighted by Crippen LogP contribution is -1.96. The van der Waals surface area contributed by atoms with Gasteiger partial charge < -0.3 is 9.84 Å². The Morgan fingerprint density at radius 3 is 2.39 bits per heavy atom. The fraction of sp³-hybridized carbons (Fsp3) is 0.143. The Kier molecular flexibility index (Phi) is 5.07. The molecule has 23 heavy (non-hydrogen) atoms. The molecule has 0 amide bonds. The topological polar surface area (TPSA) is 29.5 Å². The van der Waals surface area contributed by atoms with E-state index in [4.69, 9.17) is 4.74 Å². The molecule has 1 N–H and O–H groups in total. The summed E-state index contributed by atoms with van der Waals surface area (Å²) in [5, 5.41) is 9.23. The third kappa shape index (κ3) is 3.99. The Bertz CT molecular complexity index is 751. The summed E-state index contributed by atoms with van der Waals surface area (Å²) < 4.78 is 5.90. The van der Waals surface area contributed by atoms with E-state index in [-0.39, 0.29) is 6.61 Å². The molecule has 0 fully saturated rings. The summed E-state index contributed by atoms with van der Waals surface area (Å²) in [4.78, 5) is 0. The standard InChI is InChI=1S/C21H20O2/c22-14-13-18-9-4-5-12-21(18)19-10-6-11-20(15-19)23-16-17-7-2-1-3-8-17/h1-12,15,22H,13-14,16H2. The van der Waals surface area contributed by atoms with Crippen LogP contribution in [0.15, 0.2) is 78.9 Å². The minimum atomic E-state index is 0.154. The average molecular weight is 304 g/mol. The predicted octanol–water partition coefficient (Wildman–Crippen LogP) is 4.47. The molecule has 0 heterocycles. The molecule has 3 rings (SSSR count). The van der Waals surface area contributed by atoms with Gasteiger partial charge in [-0.25, -0.2) is 0 Å². The molecular weight excluding hydrogens is 284 g/mol. The van der Waals surface area contributed by atoms with Crippen LogP contribution in [-0.4, -0.2) is 11.7 Å². The van der Waals surface area contributed by atoms with Crippen molar-refractivity contribution in [3.05, 3.63) is 90.0 Å². The molecule has 0 aromatic heterocycles. The maximum atomic E-state index is 9.23. The summed E-state index contributed by atoms with van der Waals surface area (Å²) in [6.45, 7) is 0.712. The van der Waals surface area contributed by atoms with Gasteiger partial charge in [-0.2, -0.15) is 0 Å². The van der Waals surface area contributed by atoms with Gasteiger partial charge in [0.1, 0.15) is 12.4 Å². The maximum Gasteiger partial charge on any atom is 0.120 e. The molecule has 0 bridgehead atoms. The minimum Gasteiger partial charge on any atom is -0.489 e. The van der Waals surface area contributed by atoms with Crippen LogP contribution >= 0.6 is 0 Å². The quantitative estimate of drug-likeness (QED) is 0.728. The molecule has 0 aliphatic rings. The first kappa shape index (κ1) is 15.3. The van der Waals surface area contributed by atoms with Gasteiger partial charge in [-0.3, -0.25) is 0 Å². The highest BCUT2D eigenvalue weighted by molar-refractivity contribution is 5.68. The monoisotopic (exact) mass is 304 g/mol. The van der Waals surface area contributed by atoms with Crippen molar-refractivity contribution in [3.63, 3.8) is 0 Å². The van der Waals surface area contributed by atoms with Crippen molar-refractivity contribution in [2.45, 2.75) is 13.0 Å². The lowest BCUT2D eigenvalue weighted by atomic mass is 9.98. The lowest BCUT2D eigenvalue weighted by molar-refractivity contribution is 0.300. The van der Waals surface area contributed by atoms with Crippen LogP contribution in [0.25, 0.3) is 11.1 Å². The lowest BCUT2D eigenvalue weighted by Gasteiger charge is -2.11. The first-order chi connectivity index (χ1) is 11.4. The molecule has 0 aliphatic carbocycles. The second-order valence-electron chi connectivity index (χ2n) is 5.43. The number of rotatable bonds is 6. The number of hydrogen-bond acceptors (Lipinski definition) is 2. The van der Waals surface area contributed by atoms with Crippen LogP contribution in [0.2, 0.25) is 0 Å². The number of aliphatic hydroxyl groups excluding tert-OH is 1. The molecule has 0 spiro atoms. The van der Waals surface area contributed by atoms with Crippen molar-refractivity contribution < 1.29 is 9.84 Å². The molecule has 2 nitrogen and oxygen atoms in total. The van der Waals surface area contributed by atoms with Gasteiger partial charge in [-0.15, -0.1) is 0 Å². The molecule has 0 saturated heterocycles. The predicted molar refractivity (Wildman–Crippen MR) is 93.4 cm³/mol. The van der Waals surface area contributed by atoms with E-state index in [9.17, 15) is 5.11 Å². The van der Waals surface area contributed by atoms with E-state index in [1.807, 2.05) is 42.5 Å². The van der Waals surface area contributed by atoms with Crippen molar-refractivity contribution in [1.82, 2.24) is 0 Å². The van der Waals surface area contributed by atoms with Crippen molar-refractivity contribution in [3.8, 4) is 16.9 Å². The van der Waals surface area contributed by atoms with Crippen molar-refractivity contribution >= 4 is 0 Å². The summed E-state index contributed by atoms with van der Waals surface area (Å²) in [6.07, 6.45) is 0.658. The Morgan fingerprint density at radius 2 is 1.57 bits per heavy atom. The molecule has 0 unspecified atom stereocenters. The molecule has 0 radical (unpaired) electrons. The number of aliphatic hydroxyl groups is 1. The van der Waals surface area contributed by atoms with Crippen LogP contribution in [0, 0.1) is 0 Å². The van der Waals surface area contributed by atoms with Crippen LogP contribution in [0.1, 0.15) is 11.1 Å². The van der Waals surface area contributed by atoms with Crippen LogP contribution in [-0.2, 0) is 13.0 Å². The van der Waals surface area contributed by atoms with Crippen molar-refractivity contribution in [2.75, 3.05) is 6.61 Å². The molecule has 3 aromatic carbocycles. The Hall–Kier alpha value is -2.58. The second kappa shape index (κ2) is 7.61. The van der Waals surface area contributed by atoms with Gasteiger partial charge in [0.2, 0.25) is 0 Å². The normalized spacial score (nSPS) is 10.5. The molecule has 2 heteroatoms. The third-order valence-corrected chi connectivity index (χ3v) is 3.79. The molecule has 0 saturated carbocycles. The summed E-state index contributed by atoms with van der Waals surface area (Å²) >= 11 is 0. The van der Waals surface area contributed by atoms with Gasteiger partial charge >= 0.3 is 0 Å². The van der Waals surface area contributed by atoms with Crippen LogP contribution < -0.4 is 4.74 Å². The zero-order valence-corrected chi connectivity index (χ0v) is 13.0. The zero-order valence-electron chi connectivity index (χ0n) is 13.0. The van der Waals surface area contributed by atoms with Gasteiger partial charge in [-0.1, -0.05) is 66.7 Å². The largest absolute Gasteiger partial charge is 0.489 e. The molecule has 0 atom stereocenters. The highest BCUT2D eigenvalue weighted by Crippen LogP contribution is 2.27. The molecule has 0 aliphatic heterocycles. The van der Waals surface area contributed by atoms with E-state index in [1.165, 1.54) is 0 Å². The second-order valence-corrected chi connectivity index (χ2v) is 5.43. The SMILES string of the molecule is OCCc1ccccc1-c1cccc(OCc2ccccc2)c1. The summed E-state index contributed by atoms with van der Waals surface area (Å²) in [5.74, 6) is 0.852. The third-order valence-electron chi connectivity index (χ3n) is 3.79. The fourth-order valence-electron chi connectivity index (χ4n) is 2.63. The van der Waals surface area contributed by atoms with Crippen LogP contribution in [0.5, 0.6) is 5.75 Å². The Morgan fingerprint density at radius 1 is 0.783 bits per heavy atom. The zero-order chi connectivity index (χ0) is 15.9. The van der Waals surface area contributed by atoms with Gasteiger partial charge in [-0.05, 0) is 40.8 Å². The molecular formula is C21H20O2. The first-order valence-electron chi connectivity index (χ1n) is 7.83. The summed E-state index contributed by atoms with van der Waals surface area (Å²) in [7, 11) is 0. The summed E-state index contributed by atoms with van der Waals surface area (Å²) in [5.41, 5.74) is 4.56. The van der Waals surface area contributed by atoms with Crippen molar-refractivity contribution in [2.24, 2.45) is 0 Å². The molecule has 3 aromatic rings. The smallest absolute Gasteiger partial charge is 0.120 e. The van der Waals surface area contributed by atoms with E-state index < -0.39 is 0 Å².